The number of halogens is 2. The molecule has 0 aliphatic heterocycles. The molecule has 0 aliphatic rings. The Kier molecular flexibility index (Phi) is 5.64. The summed E-state index contributed by atoms with van der Waals surface area (Å²) in [6, 6.07) is 15.7. The van der Waals surface area contributed by atoms with Gasteiger partial charge >= 0.3 is 0 Å². The number of methoxy groups -OCH3 is 1. The van der Waals surface area contributed by atoms with Crippen molar-refractivity contribution in [3.05, 3.63) is 89.5 Å². The second-order valence-electron chi connectivity index (χ2n) is 5.84. The summed E-state index contributed by atoms with van der Waals surface area (Å²) in [5, 5.41) is 5.24. The first-order valence-electron chi connectivity index (χ1n) is 8.28. The minimum atomic E-state index is -0.951. The molecule has 0 unspecified atom stereocenters. The lowest BCUT2D eigenvalue weighted by molar-refractivity contribution is 0.101. The van der Waals surface area contributed by atoms with Crippen molar-refractivity contribution in [2.24, 2.45) is 0 Å². The Hall–Kier alpha value is -3.74. The molecule has 3 rings (SSSR count). The number of hydrogen-bond donors (Lipinski definition) is 2. The molecule has 0 heterocycles. The molecule has 0 fully saturated rings. The molecule has 2 N–H and O–H groups in total. The molecular formula is C21H16F2N2O3. The monoisotopic (exact) mass is 382 g/mol. The van der Waals surface area contributed by atoms with E-state index in [1.54, 1.807) is 31.4 Å². The van der Waals surface area contributed by atoms with Gasteiger partial charge in [-0.2, -0.15) is 0 Å². The van der Waals surface area contributed by atoms with Crippen LogP contribution in [0.5, 0.6) is 5.75 Å². The molecule has 0 saturated heterocycles. The van der Waals surface area contributed by atoms with Gasteiger partial charge in [0.1, 0.15) is 17.4 Å². The van der Waals surface area contributed by atoms with Crippen molar-refractivity contribution in [1.29, 1.82) is 0 Å². The number of benzene rings is 3. The molecule has 5 nitrogen and oxygen atoms in total. The van der Waals surface area contributed by atoms with Gasteiger partial charge in [-0.05, 0) is 60.7 Å². The van der Waals surface area contributed by atoms with Crippen molar-refractivity contribution in [3.8, 4) is 5.75 Å². The molecule has 0 aliphatic carbocycles. The highest BCUT2D eigenvalue weighted by atomic mass is 19.1. The summed E-state index contributed by atoms with van der Waals surface area (Å²) in [5.74, 6) is -2.08. The molecule has 0 atom stereocenters. The van der Waals surface area contributed by atoms with Crippen molar-refractivity contribution in [1.82, 2.24) is 0 Å². The van der Waals surface area contributed by atoms with Gasteiger partial charge in [0.2, 0.25) is 0 Å². The summed E-state index contributed by atoms with van der Waals surface area (Å²) in [4.78, 5) is 24.4. The van der Waals surface area contributed by atoms with Crippen LogP contribution in [0, 0.1) is 11.6 Å². The van der Waals surface area contributed by atoms with Crippen LogP contribution in [-0.4, -0.2) is 18.9 Å². The van der Waals surface area contributed by atoms with Crippen LogP contribution in [0.4, 0.5) is 20.2 Å². The Morgan fingerprint density at radius 3 is 1.93 bits per heavy atom. The number of nitrogens with one attached hydrogen (secondary N) is 2. The van der Waals surface area contributed by atoms with Gasteiger partial charge < -0.3 is 15.4 Å². The lowest BCUT2D eigenvalue weighted by atomic mass is 10.1. The third-order valence-electron chi connectivity index (χ3n) is 3.93. The quantitative estimate of drug-likeness (QED) is 0.684. The summed E-state index contributed by atoms with van der Waals surface area (Å²) >= 11 is 0. The third kappa shape index (κ3) is 4.50. The van der Waals surface area contributed by atoms with Crippen molar-refractivity contribution in [2.45, 2.75) is 0 Å². The minimum Gasteiger partial charge on any atom is -0.497 e. The number of amides is 2. The zero-order chi connectivity index (χ0) is 20.1. The fourth-order valence-electron chi connectivity index (χ4n) is 2.45. The molecule has 0 spiro atoms. The van der Waals surface area contributed by atoms with Crippen LogP contribution in [0.15, 0.2) is 66.7 Å². The van der Waals surface area contributed by atoms with Crippen LogP contribution in [0.2, 0.25) is 0 Å². The molecule has 2 amide bonds. The SMILES string of the molecule is COc1ccc(NC(=O)c2ccc(NC(=O)c3ccc(F)cc3F)cc2)cc1. The Morgan fingerprint density at radius 2 is 1.36 bits per heavy atom. The largest absolute Gasteiger partial charge is 0.497 e. The van der Waals surface area contributed by atoms with E-state index in [0.29, 0.717) is 28.8 Å². The van der Waals surface area contributed by atoms with Crippen molar-refractivity contribution < 1.29 is 23.1 Å². The van der Waals surface area contributed by atoms with Crippen molar-refractivity contribution >= 4 is 23.2 Å². The van der Waals surface area contributed by atoms with Gasteiger partial charge in [-0.25, -0.2) is 8.78 Å². The first-order valence-corrected chi connectivity index (χ1v) is 8.28. The number of carbonyl (C=O) groups is 2. The van der Waals surface area contributed by atoms with Gasteiger partial charge in [0.15, 0.2) is 0 Å². The van der Waals surface area contributed by atoms with Gasteiger partial charge in [0.25, 0.3) is 11.8 Å². The maximum Gasteiger partial charge on any atom is 0.258 e. The van der Waals surface area contributed by atoms with E-state index >= 15 is 0 Å². The molecule has 3 aromatic carbocycles. The van der Waals surface area contributed by atoms with E-state index in [9.17, 15) is 18.4 Å². The zero-order valence-corrected chi connectivity index (χ0v) is 14.8. The number of ether oxygens (including phenoxy) is 1. The summed E-state index contributed by atoms with van der Waals surface area (Å²) in [5.41, 5.74) is 1.08. The van der Waals surface area contributed by atoms with Crippen LogP contribution in [0.25, 0.3) is 0 Å². The average Bonchev–Trinajstić information content (AvgIpc) is 2.69. The topological polar surface area (TPSA) is 67.4 Å². The fourth-order valence-corrected chi connectivity index (χ4v) is 2.45. The maximum atomic E-state index is 13.7. The predicted octanol–water partition coefficient (Wildman–Crippen LogP) is 4.48. The molecular weight excluding hydrogens is 366 g/mol. The van der Waals surface area contributed by atoms with Crippen LogP contribution in [0.3, 0.4) is 0 Å². The second kappa shape index (κ2) is 8.30. The van der Waals surface area contributed by atoms with E-state index in [2.05, 4.69) is 10.6 Å². The van der Waals surface area contributed by atoms with E-state index in [4.69, 9.17) is 4.74 Å². The van der Waals surface area contributed by atoms with Crippen molar-refractivity contribution in [3.63, 3.8) is 0 Å². The molecule has 142 valence electrons. The van der Waals surface area contributed by atoms with Crippen LogP contribution in [0.1, 0.15) is 20.7 Å². The summed E-state index contributed by atoms with van der Waals surface area (Å²) in [6.45, 7) is 0. The van der Waals surface area contributed by atoms with E-state index in [-0.39, 0.29) is 11.5 Å². The Bertz CT molecular complexity index is 1000. The van der Waals surface area contributed by atoms with E-state index in [1.165, 1.54) is 24.3 Å². The van der Waals surface area contributed by atoms with Crippen molar-refractivity contribution in [2.75, 3.05) is 17.7 Å². The number of rotatable bonds is 5. The highest BCUT2D eigenvalue weighted by Gasteiger charge is 2.13. The van der Waals surface area contributed by atoms with Gasteiger partial charge in [0.05, 0.1) is 12.7 Å². The first-order chi connectivity index (χ1) is 13.5. The van der Waals surface area contributed by atoms with Gasteiger partial charge in [-0.1, -0.05) is 0 Å². The second-order valence-corrected chi connectivity index (χ2v) is 5.84. The third-order valence-corrected chi connectivity index (χ3v) is 3.93. The Morgan fingerprint density at radius 1 is 0.786 bits per heavy atom. The first kappa shape index (κ1) is 19.0. The van der Waals surface area contributed by atoms with E-state index in [0.717, 1.165) is 12.1 Å². The van der Waals surface area contributed by atoms with E-state index in [1.807, 2.05) is 0 Å². The lowest BCUT2D eigenvalue weighted by Crippen LogP contribution is -2.15. The summed E-state index contributed by atoms with van der Waals surface area (Å²) < 4.78 is 31.7. The Labute approximate surface area is 160 Å². The number of carbonyl (C=O) groups excluding carboxylic acids is 2. The molecule has 0 bridgehead atoms. The van der Waals surface area contributed by atoms with Crippen LogP contribution >= 0.6 is 0 Å². The van der Waals surface area contributed by atoms with Gasteiger partial charge in [0, 0.05) is 23.0 Å². The fraction of sp³-hybridized carbons (Fsp3) is 0.0476. The summed E-state index contributed by atoms with van der Waals surface area (Å²) in [7, 11) is 1.55. The van der Waals surface area contributed by atoms with Crippen LogP contribution < -0.4 is 15.4 Å². The molecule has 0 aromatic heterocycles. The van der Waals surface area contributed by atoms with Gasteiger partial charge in [-0.15, -0.1) is 0 Å². The smallest absolute Gasteiger partial charge is 0.258 e. The molecule has 7 heteroatoms. The predicted molar refractivity (Wildman–Crippen MR) is 102 cm³/mol. The molecule has 0 radical (unpaired) electrons. The van der Waals surface area contributed by atoms with Gasteiger partial charge in [-0.3, -0.25) is 9.59 Å². The zero-order valence-electron chi connectivity index (χ0n) is 14.8. The average molecular weight is 382 g/mol. The standard InChI is InChI=1S/C21H16F2N2O3/c1-28-17-9-7-16(8-10-17)24-20(26)13-2-5-15(6-3-13)25-21(27)18-11-4-14(22)12-19(18)23/h2-12H,1H3,(H,24,26)(H,25,27). The van der Waals surface area contributed by atoms with E-state index < -0.39 is 17.5 Å². The molecule has 28 heavy (non-hydrogen) atoms. The molecule has 0 saturated carbocycles. The minimum absolute atomic E-state index is 0.275. The highest BCUT2D eigenvalue weighted by molar-refractivity contribution is 6.06. The lowest BCUT2D eigenvalue weighted by Gasteiger charge is -2.09. The summed E-state index contributed by atoms with van der Waals surface area (Å²) in [6.07, 6.45) is 0. The molecule has 3 aromatic rings. The number of anilines is 2. The number of hydrogen-bond acceptors (Lipinski definition) is 3. The Balaban J connectivity index is 1.65. The normalized spacial score (nSPS) is 10.2. The highest BCUT2D eigenvalue weighted by Crippen LogP contribution is 2.18. The maximum absolute atomic E-state index is 13.7. The van der Waals surface area contributed by atoms with Crippen LogP contribution in [-0.2, 0) is 0 Å².